The SMILES string of the molecule is CC(=O)Nc1cc2c(cn1)c(N1CC[C@@](C)(N(C)C)C1)nn2-c1cncc(C(C)(F)F)n1. The first-order valence-corrected chi connectivity index (χ1v) is 10.3. The third-order valence-electron chi connectivity index (χ3n) is 5.97. The minimum Gasteiger partial charge on any atom is -0.353 e. The van der Waals surface area contributed by atoms with E-state index in [-0.39, 0.29) is 17.3 Å². The summed E-state index contributed by atoms with van der Waals surface area (Å²) in [5.74, 6) is -2.23. The van der Waals surface area contributed by atoms with Crippen molar-refractivity contribution in [1.82, 2.24) is 29.6 Å². The summed E-state index contributed by atoms with van der Waals surface area (Å²) < 4.78 is 29.2. The molecule has 0 radical (unpaired) electrons. The van der Waals surface area contributed by atoms with Crippen LogP contribution in [-0.2, 0) is 10.7 Å². The lowest BCUT2D eigenvalue weighted by Gasteiger charge is -2.32. The average Bonchev–Trinajstić information content (AvgIpc) is 3.28. The first kappa shape index (κ1) is 22.0. The number of carbonyl (C=O) groups is 1. The van der Waals surface area contributed by atoms with E-state index in [0.29, 0.717) is 17.2 Å². The van der Waals surface area contributed by atoms with E-state index in [1.165, 1.54) is 17.8 Å². The van der Waals surface area contributed by atoms with Crippen molar-refractivity contribution in [2.75, 3.05) is 37.4 Å². The van der Waals surface area contributed by atoms with Gasteiger partial charge in [0.05, 0.1) is 23.3 Å². The normalized spacial score (nSPS) is 19.2. The molecule has 1 amide bonds. The Balaban J connectivity index is 1.86. The standard InChI is InChI=1S/C21H26F2N8O/c1-13(32)26-17-8-15-14(9-25-17)19(30-7-6-20(2,12-30)29(4)5)28-31(15)18-11-24-10-16(27-18)21(3,22)23/h8-11H,6-7,12H2,1-5H3,(H,25,26,32)/t20-/m1/s1. The number of nitrogens with zero attached hydrogens (tertiary/aromatic N) is 7. The van der Waals surface area contributed by atoms with Gasteiger partial charge in [0.1, 0.15) is 11.5 Å². The van der Waals surface area contributed by atoms with Crippen LogP contribution < -0.4 is 10.2 Å². The molecule has 3 aromatic rings. The quantitative estimate of drug-likeness (QED) is 0.647. The molecule has 11 heteroatoms. The highest BCUT2D eigenvalue weighted by molar-refractivity contribution is 5.95. The van der Waals surface area contributed by atoms with Gasteiger partial charge in [-0.3, -0.25) is 9.78 Å². The van der Waals surface area contributed by atoms with Gasteiger partial charge in [0.25, 0.3) is 5.92 Å². The minimum atomic E-state index is -3.14. The molecule has 0 spiro atoms. The van der Waals surface area contributed by atoms with Crippen LogP contribution in [0.15, 0.2) is 24.7 Å². The fourth-order valence-corrected chi connectivity index (χ4v) is 3.81. The predicted octanol–water partition coefficient (Wildman–Crippen LogP) is 2.81. The highest BCUT2D eigenvalue weighted by atomic mass is 19.3. The number of alkyl halides is 2. The predicted molar refractivity (Wildman–Crippen MR) is 117 cm³/mol. The van der Waals surface area contributed by atoms with Crippen LogP contribution >= 0.6 is 0 Å². The topological polar surface area (TPSA) is 92.1 Å². The van der Waals surface area contributed by atoms with Crippen LogP contribution in [0.3, 0.4) is 0 Å². The Hall–Kier alpha value is -3.21. The number of fused-ring (bicyclic) bond motifs is 1. The first-order chi connectivity index (χ1) is 15.0. The van der Waals surface area contributed by atoms with Gasteiger partial charge in [-0.25, -0.2) is 14.6 Å². The van der Waals surface area contributed by atoms with Gasteiger partial charge in [-0.05, 0) is 27.4 Å². The van der Waals surface area contributed by atoms with Crippen molar-refractivity contribution in [1.29, 1.82) is 0 Å². The van der Waals surface area contributed by atoms with Crippen LogP contribution in [0.2, 0.25) is 0 Å². The van der Waals surface area contributed by atoms with Gasteiger partial charge >= 0.3 is 0 Å². The molecule has 0 unspecified atom stereocenters. The molecule has 1 saturated heterocycles. The Bertz CT molecular complexity index is 1170. The zero-order chi connectivity index (χ0) is 23.3. The summed E-state index contributed by atoms with van der Waals surface area (Å²) in [6.45, 7) is 5.89. The summed E-state index contributed by atoms with van der Waals surface area (Å²) >= 11 is 0. The van der Waals surface area contributed by atoms with E-state index in [1.54, 1.807) is 12.3 Å². The zero-order valence-electron chi connectivity index (χ0n) is 18.7. The fourth-order valence-electron chi connectivity index (χ4n) is 3.81. The number of likely N-dealkylation sites (N-methyl/N-ethyl adjacent to an activating group) is 1. The molecule has 1 aliphatic rings. The van der Waals surface area contributed by atoms with Crippen molar-refractivity contribution in [2.45, 2.75) is 38.7 Å². The summed E-state index contributed by atoms with van der Waals surface area (Å²) in [6, 6.07) is 1.66. The lowest BCUT2D eigenvalue weighted by atomic mass is 10.0. The minimum absolute atomic E-state index is 0.0242. The van der Waals surface area contributed by atoms with Crippen LogP contribution in [0.1, 0.15) is 32.9 Å². The number of carbonyl (C=O) groups excluding carboxylic acids is 1. The zero-order valence-corrected chi connectivity index (χ0v) is 18.7. The fraction of sp³-hybridized carbons (Fsp3) is 0.476. The van der Waals surface area contributed by atoms with E-state index >= 15 is 0 Å². The monoisotopic (exact) mass is 444 g/mol. The van der Waals surface area contributed by atoms with E-state index in [2.05, 4.69) is 37.0 Å². The molecule has 4 rings (SSSR count). The van der Waals surface area contributed by atoms with Crippen molar-refractivity contribution in [2.24, 2.45) is 0 Å². The molecule has 1 fully saturated rings. The van der Waals surface area contributed by atoms with Crippen LogP contribution in [0, 0.1) is 0 Å². The third kappa shape index (κ3) is 3.99. The van der Waals surface area contributed by atoms with Crippen molar-refractivity contribution in [3.63, 3.8) is 0 Å². The van der Waals surface area contributed by atoms with E-state index in [1.807, 2.05) is 14.1 Å². The Morgan fingerprint density at radius 3 is 2.66 bits per heavy atom. The number of amides is 1. The molecule has 0 aliphatic carbocycles. The molecule has 32 heavy (non-hydrogen) atoms. The van der Waals surface area contributed by atoms with Crippen LogP contribution in [-0.4, -0.2) is 68.3 Å². The smallest absolute Gasteiger partial charge is 0.288 e. The largest absolute Gasteiger partial charge is 0.353 e. The van der Waals surface area contributed by atoms with Gasteiger partial charge < -0.3 is 15.1 Å². The Morgan fingerprint density at radius 2 is 2.03 bits per heavy atom. The molecule has 1 atom stereocenters. The van der Waals surface area contributed by atoms with Gasteiger partial charge in [0.2, 0.25) is 5.91 Å². The third-order valence-corrected chi connectivity index (χ3v) is 5.97. The van der Waals surface area contributed by atoms with Gasteiger partial charge in [0, 0.05) is 44.7 Å². The van der Waals surface area contributed by atoms with Crippen LogP contribution in [0.25, 0.3) is 16.7 Å². The average molecular weight is 444 g/mol. The van der Waals surface area contributed by atoms with Crippen molar-refractivity contribution >= 4 is 28.4 Å². The molecule has 4 heterocycles. The summed E-state index contributed by atoms with van der Waals surface area (Å²) in [7, 11) is 4.10. The second-order valence-electron chi connectivity index (χ2n) is 8.72. The van der Waals surface area contributed by atoms with E-state index in [4.69, 9.17) is 5.10 Å². The van der Waals surface area contributed by atoms with Crippen LogP contribution in [0.4, 0.5) is 20.4 Å². The van der Waals surface area contributed by atoms with E-state index < -0.39 is 11.6 Å². The lowest BCUT2D eigenvalue weighted by Crippen LogP contribution is -2.43. The number of pyridine rings is 1. The molecular weight excluding hydrogens is 418 g/mol. The molecule has 0 bridgehead atoms. The highest BCUT2D eigenvalue weighted by Gasteiger charge is 2.37. The number of hydrogen-bond donors (Lipinski definition) is 1. The van der Waals surface area contributed by atoms with Gasteiger partial charge in [0.15, 0.2) is 11.6 Å². The molecule has 3 aromatic heterocycles. The van der Waals surface area contributed by atoms with E-state index in [9.17, 15) is 13.6 Å². The van der Waals surface area contributed by atoms with Gasteiger partial charge in [-0.2, -0.15) is 8.78 Å². The number of anilines is 2. The molecule has 1 aliphatic heterocycles. The number of halogens is 2. The number of aromatic nitrogens is 5. The summed E-state index contributed by atoms with van der Waals surface area (Å²) in [5, 5.41) is 8.12. The Labute approximate surface area is 184 Å². The Kier molecular flexibility index (Phi) is 5.32. The lowest BCUT2D eigenvalue weighted by molar-refractivity contribution is -0.114. The summed E-state index contributed by atoms with van der Waals surface area (Å²) in [4.78, 5) is 28.3. The van der Waals surface area contributed by atoms with Crippen LogP contribution in [0.5, 0.6) is 0 Å². The van der Waals surface area contributed by atoms with Crippen molar-refractivity contribution in [3.05, 3.63) is 30.4 Å². The van der Waals surface area contributed by atoms with Crippen molar-refractivity contribution < 1.29 is 13.6 Å². The molecule has 1 N–H and O–H groups in total. The van der Waals surface area contributed by atoms with Crippen molar-refractivity contribution in [3.8, 4) is 5.82 Å². The number of nitrogens with one attached hydrogen (secondary N) is 1. The van der Waals surface area contributed by atoms with E-state index in [0.717, 1.165) is 38.0 Å². The molecule has 0 saturated carbocycles. The second-order valence-corrected chi connectivity index (χ2v) is 8.72. The van der Waals surface area contributed by atoms with Gasteiger partial charge in [-0.15, -0.1) is 5.10 Å². The number of hydrogen-bond acceptors (Lipinski definition) is 7. The Morgan fingerprint density at radius 1 is 1.28 bits per heavy atom. The molecular formula is C21H26F2N8O. The molecule has 0 aromatic carbocycles. The molecule has 9 nitrogen and oxygen atoms in total. The maximum atomic E-state index is 13.9. The number of rotatable bonds is 5. The highest BCUT2D eigenvalue weighted by Crippen LogP contribution is 2.35. The second kappa shape index (κ2) is 7.73. The molecule has 170 valence electrons. The first-order valence-electron chi connectivity index (χ1n) is 10.3. The van der Waals surface area contributed by atoms with Gasteiger partial charge in [-0.1, -0.05) is 0 Å². The summed E-state index contributed by atoms with van der Waals surface area (Å²) in [6.07, 6.45) is 5.01. The maximum Gasteiger partial charge on any atom is 0.288 e. The maximum absolute atomic E-state index is 13.9. The summed E-state index contributed by atoms with van der Waals surface area (Å²) in [5.41, 5.74) is 0.115.